The quantitative estimate of drug-likeness (QED) is 0.723. The van der Waals surface area contributed by atoms with Gasteiger partial charge >= 0.3 is 0 Å². The first-order valence-electron chi connectivity index (χ1n) is 6.14. The first-order valence-corrected chi connectivity index (χ1v) is 6.96. The van der Waals surface area contributed by atoms with Crippen LogP contribution in [0, 0.1) is 5.82 Å². The number of rotatable bonds is 4. The molecule has 0 aliphatic rings. The van der Waals surface area contributed by atoms with Gasteiger partial charge in [0.2, 0.25) is 5.95 Å². The highest BCUT2D eigenvalue weighted by Crippen LogP contribution is 2.31. The largest absolute Gasteiger partial charge is 0.354 e. The number of aromatic amines is 1. The molecule has 0 atom stereocenters. The number of hydrogen-bond acceptors (Lipinski definition) is 5. The summed E-state index contributed by atoms with van der Waals surface area (Å²) < 4.78 is 13.2. The molecule has 0 saturated carbocycles. The van der Waals surface area contributed by atoms with Crippen LogP contribution < -0.4 is 5.32 Å². The van der Waals surface area contributed by atoms with Crippen LogP contribution in [0.2, 0.25) is 0 Å². The van der Waals surface area contributed by atoms with Crippen LogP contribution in [0.15, 0.2) is 40.5 Å². The molecule has 0 aliphatic heterocycles. The minimum absolute atomic E-state index is 0.267. The second-order valence-corrected chi connectivity index (χ2v) is 5.11. The number of fused-ring (bicyclic) bond motifs is 1. The number of hydrogen-bond donors (Lipinski definition) is 2. The predicted molar refractivity (Wildman–Crippen MR) is 76.4 cm³/mol. The molecule has 0 unspecified atom stereocenters. The van der Waals surface area contributed by atoms with Gasteiger partial charge in [-0.05, 0) is 25.1 Å². The molecule has 0 radical (unpaired) electrons. The molecule has 2 heterocycles. The van der Waals surface area contributed by atoms with Crippen molar-refractivity contribution in [2.45, 2.75) is 16.8 Å². The highest BCUT2D eigenvalue weighted by atomic mass is 32.2. The van der Waals surface area contributed by atoms with Crippen molar-refractivity contribution in [1.29, 1.82) is 0 Å². The van der Waals surface area contributed by atoms with E-state index in [1.165, 1.54) is 23.9 Å². The lowest BCUT2D eigenvalue weighted by Crippen LogP contribution is -2.03. The average molecular weight is 289 g/mol. The highest BCUT2D eigenvalue weighted by Gasteiger charge is 2.11. The number of H-pyrrole nitrogens is 1. The molecular weight excluding hydrogens is 277 g/mol. The third-order valence-corrected chi connectivity index (χ3v) is 3.58. The number of nitrogens with one attached hydrogen (secondary N) is 2. The third-order valence-electron chi connectivity index (χ3n) is 2.60. The summed E-state index contributed by atoms with van der Waals surface area (Å²) in [5.41, 5.74) is 1.34. The van der Waals surface area contributed by atoms with Gasteiger partial charge in [0.25, 0.3) is 0 Å². The first-order chi connectivity index (χ1) is 9.76. The van der Waals surface area contributed by atoms with Crippen molar-refractivity contribution in [3.8, 4) is 0 Å². The zero-order valence-electron chi connectivity index (χ0n) is 10.7. The van der Waals surface area contributed by atoms with Crippen LogP contribution >= 0.6 is 11.8 Å². The van der Waals surface area contributed by atoms with E-state index in [1.807, 2.05) is 13.0 Å². The smallest absolute Gasteiger partial charge is 0.225 e. The number of aromatic nitrogens is 4. The summed E-state index contributed by atoms with van der Waals surface area (Å²) >= 11 is 1.37. The second-order valence-electron chi connectivity index (χ2n) is 4.04. The van der Waals surface area contributed by atoms with E-state index in [0.29, 0.717) is 16.6 Å². The van der Waals surface area contributed by atoms with E-state index in [2.05, 4.69) is 25.3 Å². The molecule has 0 spiro atoms. The maximum Gasteiger partial charge on any atom is 0.225 e. The zero-order valence-corrected chi connectivity index (χ0v) is 11.5. The molecule has 1 aromatic carbocycles. The molecular formula is C13H12FN5S. The van der Waals surface area contributed by atoms with E-state index in [0.717, 1.165) is 17.0 Å². The SMILES string of the molecule is CCNc1nc(Sc2cccc(F)c2)c2[nH]cnc2n1. The Labute approximate surface area is 119 Å². The van der Waals surface area contributed by atoms with Crippen molar-refractivity contribution in [2.75, 3.05) is 11.9 Å². The molecule has 0 saturated heterocycles. The molecule has 20 heavy (non-hydrogen) atoms. The Kier molecular flexibility index (Phi) is 3.51. The molecule has 3 rings (SSSR count). The molecule has 0 fully saturated rings. The standard InChI is InChI=1S/C13H12FN5S/c1-2-15-13-18-11-10(16-7-17-11)12(19-13)20-9-5-3-4-8(14)6-9/h3-7H,2H2,1H3,(H2,15,16,17,18,19). The Balaban J connectivity index is 2.02. The van der Waals surface area contributed by atoms with Crippen molar-refractivity contribution in [2.24, 2.45) is 0 Å². The van der Waals surface area contributed by atoms with Gasteiger partial charge in [0.05, 0.1) is 6.33 Å². The van der Waals surface area contributed by atoms with Gasteiger partial charge in [-0.1, -0.05) is 17.8 Å². The van der Waals surface area contributed by atoms with Crippen molar-refractivity contribution >= 4 is 28.9 Å². The molecule has 2 N–H and O–H groups in total. The Morgan fingerprint density at radius 3 is 3.05 bits per heavy atom. The lowest BCUT2D eigenvalue weighted by Gasteiger charge is -2.06. The Hall–Kier alpha value is -2.15. The molecule has 0 aliphatic carbocycles. The van der Waals surface area contributed by atoms with E-state index >= 15 is 0 Å². The summed E-state index contributed by atoms with van der Waals surface area (Å²) in [7, 11) is 0. The highest BCUT2D eigenvalue weighted by molar-refractivity contribution is 7.99. The molecule has 0 bridgehead atoms. The predicted octanol–water partition coefficient (Wildman–Crippen LogP) is 3.08. The fraction of sp³-hybridized carbons (Fsp3) is 0.154. The summed E-state index contributed by atoms with van der Waals surface area (Å²) in [5.74, 6) is 0.253. The van der Waals surface area contributed by atoms with Crippen LogP contribution in [0.1, 0.15) is 6.92 Å². The monoisotopic (exact) mass is 289 g/mol. The van der Waals surface area contributed by atoms with Crippen LogP contribution in [0.5, 0.6) is 0 Å². The lowest BCUT2D eigenvalue weighted by molar-refractivity contribution is 0.624. The minimum Gasteiger partial charge on any atom is -0.354 e. The first kappa shape index (κ1) is 12.9. The van der Waals surface area contributed by atoms with Crippen molar-refractivity contribution in [3.63, 3.8) is 0 Å². The molecule has 7 heteroatoms. The normalized spacial score (nSPS) is 10.9. The van der Waals surface area contributed by atoms with Gasteiger partial charge in [-0.15, -0.1) is 0 Å². The van der Waals surface area contributed by atoms with E-state index in [-0.39, 0.29) is 5.82 Å². The maximum absolute atomic E-state index is 13.2. The molecule has 2 aromatic heterocycles. The van der Waals surface area contributed by atoms with Gasteiger partial charge in [0.1, 0.15) is 16.4 Å². The summed E-state index contributed by atoms with van der Waals surface area (Å²) in [4.78, 5) is 16.7. The van der Waals surface area contributed by atoms with Crippen LogP contribution in [0.25, 0.3) is 11.2 Å². The van der Waals surface area contributed by atoms with E-state index in [9.17, 15) is 4.39 Å². The Morgan fingerprint density at radius 2 is 2.25 bits per heavy atom. The van der Waals surface area contributed by atoms with Crippen LogP contribution in [0.3, 0.4) is 0 Å². The van der Waals surface area contributed by atoms with Gasteiger partial charge in [0, 0.05) is 11.4 Å². The lowest BCUT2D eigenvalue weighted by atomic mass is 10.4. The summed E-state index contributed by atoms with van der Waals surface area (Å²) in [6.45, 7) is 2.69. The van der Waals surface area contributed by atoms with E-state index in [4.69, 9.17) is 0 Å². The third kappa shape index (κ3) is 2.57. The molecule has 102 valence electrons. The van der Waals surface area contributed by atoms with Gasteiger partial charge in [-0.3, -0.25) is 0 Å². The van der Waals surface area contributed by atoms with Gasteiger partial charge in [0.15, 0.2) is 5.65 Å². The van der Waals surface area contributed by atoms with Crippen LogP contribution in [-0.2, 0) is 0 Å². The van der Waals surface area contributed by atoms with Gasteiger partial charge in [-0.25, -0.2) is 14.4 Å². The number of imidazole rings is 1. The van der Waals surface area contributed by atoms with Crippen molar-refractivity contribution in [3.05, 3.63) is 36.4 Å². The minimum atomic E-state index is -0.267. The summed E-state index contributed by atoms with van der Waals surface area (Å²) in [6.07, 6.45) is 1.57. The Bertz CT molecular complexity index is 742. The number of benzene rings is 1. The summed E-state index contributed by atoms with van der Waals surface area (Å²) in [6, 6.07) is 6.40. The van der Waals surface area contributed by atoms with Gasteiger partial charge in [-0.2, -0.15) is 4.98 Å². The van der Waals surface area contributed by atoms with Gasteiger partial charge < -0.3 is 10.3 Å². The van der Waals surface area contributed by atoms with E-state index in [1.54, 1.807) is 12.4 Å². The second kappa shape index (κ2) is 5.46. The number of nitrogens with zero attached hydrogens (tertiary/aromatic N) is 3. The molecule has 5 nitrogen and oxygen atoms in total. The number of halogens is 1. The van der Waals surface area contributed by atoms with Crippen molar-refractivity contribution < 1.29 is 4.39 Å². The topological polar surface area (TPSA) is 66.5 Å². The fourth-order valence-corrected chi connectivity index (χ4v) is 2.69. The molecule has 3 aromatic rings. The average Bonchev–Trinajstić information content (AvgIpc) is 2.87. The van der Waals surface area contributed by atoms with Crippen molar-refractivity contribution in [1.82, 2.24) is 19.9 Å². The molecule has 0 amide bonds. The fourth-order valence-electron chi connectivity index (χ4n) is 1.76. The number of anilines is 1. The van der Waals surface area contributed by atoms with Crippen LogP contribution in [0.4, 0.5) is 10.3 Å². The zero-order chi connectivity index (χ0) is 13.9. The van der Waals surface area contributed by atoms with E-state index < -0.39 is 0 Å². The summed E-state index contributed by atoms with van der Waals surface area (Å²) in [5, 5.41) is 3.78. The Morgan fingerprint density at radius 1 is 1.35 bits per heavy atom. The maximum atomic E-state index is 13.2. The van der Waals surface area contributed by atoms with Crippen LogP contribution in [-0.4, -0.2) is 26.5 Å².